The molecule has 1 nitrogen and oxygen atoms in total. The predicted octanol–water partition coefficient (Wildman–Crippen LogP) is 3.21. The molecule has 0 saturated carbocycles. The van der Waals surface area contributed by atoms with Crippen molar-refractivity contribution >= 4 is 5.69 Å². The first kappa shape index (κ1) is 13.3. The molecule has 0 fully saturated rings. The maximum atomic E-state index is 13.1. The van der Waals surface area contributed by atoms with Crippen molar-refractivity contribution in [2.75, 3.05) is 11.9 Å². The molecule has 0 spiro atoms. The number of benzene rings is 1. The van der Waals surface area contributed by atoms with E-state index in [-0.39, 0.29) is 6.54 Å². The van der Waals surface area contributed by atoms with E-state index >= 15 is 0 Å². The van der Waals surface area contributed by atoms with Crippen molar-refractivity contribution in [3.63, 3.8) is 0 Å². The maximum absolute atomic E-state index is 13.1. The largest absolute Gasteiger partial charge is 0.380 e. The van der Waals surface area contributed by atoms with Crippen LogP contribution in [0.4, 0.5) is 27.6 Å². The first-order valence-corrected chi connectivity index (χ1v) is 4.69. The predicted molar refractivity (Wildman–Crippen MR) is 52.8 cm³/mol. The first-order chi connectivity index (χ1) is 8.00. The van der Waals surface area contributed by atoms with Gasteiger partial charge in [0.15, 0.2) is 23.3 Å². The highest BCUT2D eigenvalue weighted by Gasteiger charge is 2.25. The second kappa shape index (κ2) is 5.53. The van der Waals surface area contributed by atoms with E-state index in [2.05, 4.69) is 11.2 Å². The van der Waals surface area contributed by atoms with Gasteiger partial charge in [-0.1, -0.05) is 0 Å². The Hall–Kier alpha value is -1.77. The molecule has 0 bridgehead atoms. The van der Waals surface area contributed by atoms with Gasteiger partial charge < -0.3 is 5.32 Å². The molecule has 0 aliphatic carbocycles. The second-order valence-electron chi connectivity index (χ2n) is 3.18. The summed E-state index contributed by atoms with van der Waals surface area (Å²) in [4.78, 5) is 0. The fourth-order valence-corrected chi connectivity index (χ4v) is 1.16. The summed E-state index contributed by atoms with van der Waals surface area (Å²) in [5.74, 6) is -7.58. The van der Waals surface area contributed by atoms with Gasteiger partial charge in [0.2, 0.25) is 5.82 Å². The number of anilines is 1. The van der Waals surface area contributed by atoms with Gasteiger partial charge in [0.25, 0.3) is 0 Å². The Balaban J connectivity index is 2.96. The van der Waals surface area contributed by atoms with Crippen molar-refractivity contribution in [2.24, 2.45) is 0 Å². The number of unbranched alkanes of at least 4 members (excludes halogenated alkanes) is 1. The highest BCUT2D eigenvalue weighted by molar-refractivity contribution is 5.47. The van der Waals surface area contributed by atoms with Crippen LogP contribution >= 0.6 is 0 Å². The molecule has 0 unspecified atom stereocenters. The topological polar surface area (TPSA) is 12.0 Å². The molecule has 0 radical (unpaired) electrons. The van der Waals surface area contributed by atoms with Crippen LogP contribution in [0.3, 0.4) is 0 Å². The third-order valence-corrected chi connectivity index (χ3v) is 2.01. The Kier molecular flexibility index (Phi) is 4.32. The Morgan fingerprint density at radius 1 is 0.882 bits per heavy atom. The molecular formula is C11H8F5N. The summed E-state index contributed by atoms with van der Waals surface area (Å²) in [6.45, 7) is 0.0164. The van der Waals surface area contributed by atoms with Crippen LogP contribution in [0, 0.1) is 41.4 Å². The van der Waals surface area contributed by atoms with E-state index in [9.17, 15) is 22.0 Å². The number of nitrogens with one attached hydrogen (secondary N) is 1. The van der Waals surface area contributed by atoms with Crippen LogP contribution < -0.4 is 5.32 Å². The summed E-state index contributed by atoms with van der Waals surface area (Å²) in [6, 6.07) is 0. The Bertz CT molecular complexity index is 435. The lowest BCUT2D eigenvalue weighted by atomic mass is 10.2. The van der Waals surface area contributed by atoms with E-state index in [1.165, 1.54) is 0 Å². The molecule has 6 heteroatoms. The molecule has 0 atom stereocenters. The average Bonchev–Trinajstić information content (AvgIpc) is 2.33. The van der Waals surface area contributed by atoms with Crippen molar-refractivity contribution in [3.8, 4) is 12.3 Å². The molecular weight excluding hydrogens is 241 g/mol. The zero-order valence-corrected chi connectivity index (χ0v) is 8.59. The molecule has 0 aromatic heterocycles. The number of halogens is 5. The standard InChI is InChI=1S/C11H8F5N/c1-2-3-4-5-17-11-9(15)7(13)6(12)8(14)10(11)16/h1,17H,3-5H2. The van der Waals surface area contributed by atoms with Crippen molar-refractivity contribution in [1.29, 1.82) is 0 Å². The van der Waals surface area contributed by atoms with Crippen molar-refractivity contribution in [2.45, 2.75) is 12.8 Å². The normalized spacial score (nSPS) is 10.1. The number of hydrogen-bond donors (Lipinski definition) is 1. The van der Waals surface area contributed by atoms with Gasteiger partial charge in [0.05, 0.1) is 0 Å². The molecule has 1 rings (SSSR count). The summed E-state index contributed by atoms with van der Waals surface area (Å²) >= 11 is 0. The Morgan fingerprint density at radius 2 is 1.35 bits per heavy atom. The lowest BCUT2D eigenvalue weighted by Gasteiger charge is -2.09. The molecule has 0 aliphatic rings. The SMILES string of the molecule is C#CCCCNc1c(F)c(F)c(F)c(F)c1F. The van der Waals surface area contributed by atoms with Crippen molar-refractivity contribution < 1.29 is 22.0 Å². The second-order valence-corrected chi connectivity index (χ2v) is 3.18. The lowest BCUT2D eigenvalue weighted by Crippen LogP contribution is -2.10. The molecule has 0 saturated heterocycles. The van der Waals surface area contributed by atoms with E-state index in [0.717, 1.165) is 0 Å². The monoisotopic (exact) mass is 249 g/mol. The van der Waals surface area contributed by atoms with Crippen LogP contribution in [-0.4, -0.2) is 6.54 Å². The number of terminal acetylenes is 1. The summed E-state index contributed by atoms with van der Waals surface area (Å²) in [7, 11) is 0. The minimum absolute atomic E-state index is 0.0164. The third-order valence-electron chi connectivity index (χ3n) is 2.01. The van der Waals surface area contributed by atoms with Gasteiger partial charge in [-0.3, -0.25) is 0 Å². The van der Waals surface area contributed by atoms with Crippen molar-refractivity contribution in [3.05, 3.63) is 29.1 Å². The molecule has 0 amide bonds. The van der Waals surface area contributed by atoms with Crippen LogP contribution in [0.25, 0.3) is 0 Å². The quantitative estimate of drug-likeness (QED) is 0.284. The fraction of sp³-hybridized carbons (Fsp3) is 0.273. The van der Waals surface area contributed by atoms with E-state index in [0.29, 0.717) is 12.8 Å². The molecule has 0 aliphatic heterocycles. The summed E-state index contributed by atoms with van der Waals surface area (Å²) in [6.07, 6.45) is 5.63. The van der Waals surface area contributed by atoms with Gasteiger partial charge in [-0.2, -0.15) is 0 Å². The van der Waals surface area contributed by atoms with Gasteiger partial charge in [0.1, 0.15) is 5.69 Å². The van der Waals surface area contributed by atoms with Gasteiger partial charge in [0, 0.05) is 13.0 Å². The van der Waals surface area contributed by atoms with Crippen molar-refractivity contribution in [1.82, 2.24) is 0 Å². The van der Waals surface area contributed by atoms with E-state index in [4.69, 9.17) is 6.42 Å². The van der Waals surface area contributed by atoms with Gasteiger partial charge in [-0.25, -0.2) is 22.0 Å². The third kappa shape index (κ3) is 2.67. The fourth-order valence-electron chi connectivity index (χ4n) is 1.16. The number of hydrogen-bond acceptors (Lipinski definition) is 1. The minimum Gasteiger partial charge on any atom is -0.380 e. The van der Waals surface area contributed by atoms with E-state index in [1.807, 2.05) is 0 Å². The highest BCUT2D eigenvalue weighted by atomic mass is 19.2. The van der Waals surface area contributed by atoms with E-state index < -0.39 is 34.8 Å². The maximum Gasteiger partial charge on any atom is 0.200 e. The van der Waals surface area contributed by atoms with Crippen LogP contribution in [0.5, 0.6) is 0 Å². The minimum atomic E-state index is -2.17. The summed E-state index contributed by atoms with van der Waals surface area (Å²) < 4.78 is 64.3. The van der Waals surface area contributed by atoms with Crippen LogP contribution in [0.1, 0.15) is 12.8 Å². The molecule has 17 heavy (non-hydrogen) atoms. The summed E-state index contributed by atoms with van der Waals surface area (Å²) in [5.41, 5.74) is -1.03. The first-order valence-electron chi connectivity index (χ1n) is 4.69. The highest BCUT2D eigenvalue weighted by Crippen LogP contribution is 2.26. The smallest absolute Gasteiger partial charge is 0.200 e. The zero-order valence-electron chi connectivity index (χ0n) is 8.59. The molecule has 92 valence electrons. The van der Waals surface area contributed by atoms with Crippen LogP contribution in [0.2, 0.25) is 0 Å². The Labute approximate surface area is 94.6 Å². The van der Waals surface area contributed by atoms with E-state index in [1.54, 1.807) is 0 Å². The lowest BCUT2D eigenvalue weighted by molar-refractivity contribution is 0.381. The number of rotatable bonds is 4. The van der Waals surface area contributed by atoms with Crippen LogP contribution in [0.15, 0.2) is 0 Å². The average molecular weight is 249 g/mol. The molecule has 1 N–H and O–H groups in total. The molecule has 1 aromatic rings. The van der Waals surface area contributed by atoms with Gasteiger partial charge in [-0.05, 0) is 6.42 Å². The van der Waals surface area contributed by atoms with Gasteiger partial charge in [-0.15, -0.1) is 12.3 Å². The zero-order chi connectivity index (χ0) is 13.0. The van der Waals surface area contributed by atoms with Gasteiger partial charge >= 0.3 is 0 Å². The van der Waals surface area contributed by atoms with Crippen LogP contribution in [-0.2, 0) is 0 Å². The Morgan fingerprint density at radius 3 is 1.82 bits per heavy atom. The summed E-state index contributed by atoms with van der Waals surface area (Å²) in [5, 5.41) is 2.13. The molecule has 0 heterocycles. The molecule has 1 aromatic carbocycles.